The van der Waals surface area contributed by atoms with Gasteiger partial charge in [0.2, 0.25) is 11.8 Å². The van der Waals surface area contributed by atoms with Crippen LogP contribution in [0.25, 0.3) is 0 Å². The minimum atomic E-state index is -0.328. The van der Waals surface area contributed by atoms with Gasteiger partial charge in [-0.1, -0.05) is 6.42 Å². The van der Waals surface area contributed by atoms with Crippen LogP contribution in [-0.2, 0) is 21.5 Å². The van der Waals surface area contributed by atoms with E-state index in [4.69, 9.17) is 0 Å². The van der Waals surface area contributed by atoms with Gasteiger partial charge in [0.1, 0.15) is 0 Å². The summed E-state index contributed by atoms with van der Waals surface area (Å²) >= 11 is 0. The molecular formula is C20H29N5O2. The molecule has 1 unspecified atom stereocenters. The standard InChI is InChI=1S/C20H29N5O2/c26-18(15-4-8-21-12-15)24-10-6-20(7-11-24)17-16(22-13-23-17)5-9-25(20)19(27)14-2-1-3-14/h13-15,21H,1-12H2,(H,22,23). The van der Waals surface area contributed by atoms with E-state index in [1.54, 1.807) is 6.33 Å². The van der Waals surface area contributed by atoms with Crippen molar-refractivity contribution in [1.82, 2.24) is 25.1 Å². The van der Waals surface area contributed by atoms with Gasteiger partial charge in [0.15, 0.2) is 0 Å². The maximum absolute atomic E-state index is 13.2. The van der Waals surface area contributed by atoms with E-state index in [1.807, 2.05) is 4.90 Å². The van der Waals surface area contributed by atoms with Gasteiger partial charge in [-0.3, -0.25) is 9.59 Å². The van der Waals surface area contributed by atoms with Gasteiger partial charge in [0, 0.05) is 44.2 Å². The van der Waals surface area contributed by atoms with E-state index >= 15 is 0 Å². The van der Waals surface area contributed by atoms with Crippen LogP contribution in [0.15, 0.2) is 6.33 Å². The molecule has 5 rings (SSSR count). The molecule has 2 amide bonds. The number of aromatic amines is 1. The number of carbonyl (C=O) groups is 2. The third kappa shape index (κ3) is 2.70. The zero-order valence-electron chi connectivity index (χ0n) is 15.9. The highest BCUT2D eigenvalue weighted by Gasteiger charge is 2.50. The summed E-state index contributed by atoms with van der Waals surface area (Å²) < 4.78 is 0. The van der Waals surface area contributed by atoms with Crippen LogP contribution in [0, 0.1) is 11.8 Å². The second-order valence-electron chi connectivity index (χ2n) is 8.64. The van der Waals surface area contributed by atoms with Crippen molar-refractivity contribution < 1.29 is 9.59 Å². The van der Waals surface area contributed by atoms with Crippen LogP contribution < -0.4 is 5.32 Å². The summed E-state index contributed by atoms with van der Waals surface area (Å²) in [5.41, 5.74) is 1.90. The second-order valence-corrected chi connectivity index (χ2v) is 8.64. The van der Waals surface area contributed by atoms with Crippen molar-refractivity contribution in [1.29, 1.82) is 0 Å². The molecule has 7 nitrogen and oxygen atoms in total. The van der Waals surface area contributed by atoms with E-state index < -0.39 is 0 Å². The lowest BCUT2D eigenvalue weighted by atomic mass is 9.76. The molecule has 2 N–H and O–H groups in total. The molecule has 1 aromatic rings. The number of hydrogen-bond donors (Lipinski definition) is 2. The van der Waals surface area contributed by atoms with E-state index in [0.717, 1.165) is 76.9 Å². The molecule has 3 aliphatic heterocycles. The number of fused-ring (bicyclic) bond motifs is 2. The first kappa shape index (κ1) is 17.2. The van der Waals surface area contributed by atoms with Crippen molar-refractivity contribution in [2.24, 2.45) is 11.8 Å². The number of piperidine rings is 1. The number of rotatable bonds is 2. The Kier molecular flexibility index (Phi) is 4.22. The number of aromatic nitrogens is 2. The quantitative estimate of drug-likeness (QED) is 0.813. The van der Waals surface area contributed by atoms with Crippen molar-refractivity contribution in [3.63, 3.8) is 0 Å². The summed E-state index contributed by atoms with van der Waals surface area (Å²) in [7, 11) is 0. The Balaban J connectivity index is 1.38. The van der Waals surface area contributed by atoms with Gasteiger partial charge in [0.05, 0.1) is 23.5 Å². The minimum absolute atomic E-state index is 0.124. The molecule has 0 bridgehead atoms. The van der Waals surface area contributed by atoms with Gasteiger partial charge in [-0.15, -0.1) is 0 Å². The number of nitrogens with one attached hydrogen (secondary N) is 2. The maximum atomic E-state index is 13.2. The largest absolute Gasteiger partial charge is 0.348 e. The molecule has 27 heavy (non-hydrogen) atoms. The Morgan fingerprint density at radius 1 is 1.07 bits per heavy atom. The first-order valence-electron chi connectivity index (χ1n) is 10.5. The molecule has 146 valence electrons. The molecular weight excluding hydrogens is 342 g/mol. The number of H-pyrrole nitrogens is 1. The number of amides is 2. The Labute approximate surface area is 159 Å². The van der Waals surface area contributed by atoms with Gasteiger partial charge >= 0.3 is 0 Å². The summed E-state index contributed by atoms with van der Waals surface area (Å²) in [6.07, 6.45) is 8.39. The Hall–Kier alpha value is -1.89. The van der Waals surface area contributed by atoms with E-state index in [0.29, 0.717) is 5.91 Å². The summed E-state index contributed by atoms with van der Waals surface area (Å²) in [6, 6.07) is 0. The number of likely N-dealkylation sites (tertiary alicyclic amines) is 1. The van der Waals surface area contributed by atoms with E-state index in [2.05, 4.69) is 20.2 Å². The first-order valence-corrected chi connectivity index (χ1v) is 10.5. The zero-order valence-corrected chi connectivity index (χ0v) is 15.9. The predicted octanol–water partition coefficient (Wildman–Crippen LogP) is 1.02. The average molecular weight is 371 g/mol. The molecule has 1 spiro atoms. The van der Waals surface area contributed by atoms with Crippen LogP contribution in [0.1, 0.15) is 49.9 Å². The summed E-state index contributed by atoms with van der Waals surface area (Å²) in [6.45, 7) is 3.95. The van der Waals surface area contributed by atoms with Crippen LogP contribution in [-0.4, -0.2) is 64.3 Å². The van der Waals surface area contributed by atoms with Crippen molar-refractivity contribution in [2.75, 3.05) is 32.7 Å². The first-order chi connectivity index (χ1) is 13.2. The fourth-order valence-electron chi connectivity index (χ4n) is 5.40. The molecule has 1 aromatic heterocycles. The van der Waals surface area contributed by atoms with Gasteiger partial charge in [-0.25, -0.2) is 4.98 Å². The van der Waals surface area contributed by atoms with E-state index in [9.17, 15) is 9.59 Å². The second kappa shape index (κ2) is 6.62. The molecule has 1 aliphatic carbocycles. The van der Waals surface area contributed by atoms with Gasteiger partial charge in [-0.05, 0) is 38.6 Å². The lowest BCUT2D eigenvalue weighted by Crippen LogP contribution is -2.60. The molecule has 4 aliphatic rings. The van der Waals surface area contributed by atoms with Crippen molar-refractivity contribution in [2.45, 2.75) is 50.5 Å². The molecule has 2 saturated heterocycles. The lowest BCUT2D eigenvalue weighted by Gasteiger charge is -2.52. The number of imidazole rings is 1. The molecule has 0 radical (unpaired) electrons. The molecule has 0 aromatic carbocycles. The normalized spacial score (nSPS) is 27.5. The molecule has 4 heterocycles. The Bertz CT molecular complexity index is 726. The highest BCUT2D eigenvalue weighted by molar-refractivity contribution is 5.81. The van der Waals surface area contributed by atoms with E-state index in [-0.39, 0.29) is 23.3 Å². The maximum Gasteiger partial charge on any atom is 0.227 e. The predicted molar refractivity (Wildman–Crippen MR) is 99.8 cm³/mol. The lowest BCUT2D eigenvalue weighted by molar-refractivity contribution is -0.151. The summed E-state index contributed by atoms with van der Waals surface area (Å²) in [5.74, 6) is 0.921. The number of nitrogens with zero attached hydrogens (tertiary/aromatic N) is 3. The van der Waals surface area contributed by atoms with Crippen LogP contribution in [0.2, 0.25) is 0 Å². The van der Waals surface area contributed by atoms with Crippen molar-refractivity contribution in [3.8, 4) is 0 Å². The molecule has 7 heteroatoms. The number of hydrogen-bond acceptors (Lipinski definition) is 4. The topological polar surface area (TPSA) is 81.3 Å². The average Bonchev–Trinajstić information content (AvgIpc) is 3.33. The van der Waals surface area contributed by atoms with Crippen LogP contribution in [0.5, 0.6) is 0 Å². The van der Waals surface area contributed by atoms with Crippen molar-refractivity contribution in [3.05, 3.63) is 17.7 Å². The SMILES string of the molecule is O=C(C1CCNC1)N1CCC2(CC1)c1nc[nH]c1CCN2C(=O)C1CCC1. The fraction of sp³-hybridized carbons (Fsp3) is 0.750. The highest BCUT2D eigenvalue weighted by atomic mass is 16.2. The third-order valence-corrected chi connectivity index (χ3v) is 7.29. The smallest absolute Gasteiger partial charge is 0.227 e. The molecule has 1 atom stereocenters. The summed E-state index contributed by atoms with van der Waals surface area (Å²) in [4.78, 5) is 38.1. The Morgan fingerprint density at radius 2 is 1.89 bits per heavy atom. The number of carbonyl (C=O) groups excluding carboxylic acids is 2. The molecule has 1 saturated carbocycles. The van der Waals surface area contributed by atoms with Gasteiger partial charge in [-0.2, -0.15) is 0 Å². The van der Waals surface area contributed by atoms with Crippen LogP contribution in [0.3, 0.4) is 0 Å². The minimum Gasteiger partial charge on any atom is -0.348 e. The monoisotopic (exact) mass is 371 g/mol. The zero-order chi connectivity index (χ0) is 18.4. The highest BCUT2D eigenvalue weighted by Crippen LogP contribution is 2.44. The van der Waals surface area contributed by atoms with Gasteiger partial charge in [0.25, 0.3) is 0 Å². The van der Waals surface area contributed by atoms with E-state index in [1.165, 1.54) is 12.1 Å². The van der Waals surface area contributed by atoms with Crippen molar-refractivity contribution >= 4 is 11.8 Å². The molecule has 3 fully saturated rings. The fourth-order valence-corrected chi connectivity index (χ4v) is 5.40. The van der Waals surface area contributed by atoms with Crippen LogP contribution >= 0.6 is 0 Å². The Morgan fingerprint density at radius 3 is 2.56 bits per heavy atom. The van der Waals surface area contributed by atoms with Gasteiger partial charge < -0.3 is 20.1 Å². The third-order valence-electron chi connectivity index (χ3n) is 7.29. The summed E-state index contributed by atoms with van der Waals surface area (Å²) in [5, 5.41) is 3.29. The van der Waals surface area contributed by atoms with Crippen LogP contribution in [0.4, 0.5) is 0 Å².